The van der Waals surface area contributed by atoms with Gasteiger partial charge in [0.15, 0.2) is 0 Å². The molecule has 0 saturated carbocycles. The lowest BCUT2D eigenvalue weighted by atomic mass is 9.91. The molecule has 1 aromatic heterocycles. The van der Waals surface area contributed by atoms with Gasteiger partial charge in [-0.15, -0.1) is 11.3 Å². The predicted octanol–water partition coefficient (Wildman–Crippen LogP) is 2.84. The number of hydrogen-bond donors (Lipinski definition) is 1. The van der Waals surface area contributed by atoms with Gasteiger partial charge in [-0.2, -0.15) is 0 Å². The molecule has 1 fully saturated rings. The van der Waals surface area contributed by atoms with E-state index in [-0.39, 0.29) is 0 Å². The molecule has 3 rings (SSSR count). The molecular formula is C13H16N2S. The predicted molar refractivity (Wildman–Crippen MR) is 68.9 cm³/mol. The smallest absolute Gasteiger partial charge is 0.0812 e. The van der Waals surface area contributed by atoms with Crippen LogP contribution in [0.25, 0.3) is 10.2 Å². The number of thiazole rings is 1. The Morgan fingerprint density at radius 2 is 2.19 bits per heavy atom. The van der Waals surface area contributed by atoms with Gasteiger partial charge in [0.05, 0.1) is 15.7 Å². The van der Waals surface area contributed by atoms with Gasteiger partial charge in [0.25, 0.3) is 0 Å². The lowest BCUT2D eigenvalue weighted by molar-refractivity contribution is 0.373. The van der Waals surface area contributed by atoms with Crippen LogP contribution in [0.3, 0.4) is 0 Å². The number of piperidine rings is 1. The topological polar surface area (TPSA) is 24.9 Å². The summed E-state index contributed by atoms with van der Waals surface area (Å²) in [5.41, 5.74) is 4.54. The standard InChI is InChI=1S/C13H16N2S/c1-2-12-13(16-9-15-12)8-11(1)7-10-3-5-14-6-4-10/h1-2,8-10,14H,3-7H2. The number of nitrogens with zero attached hydrogens (tertiary/aromatic N) is 1. The Hall–Kier alpha value is -0.930. The largest absolute Gasteiger partial charge is 0.317 e. The van der Waals surface area contributed by atoms with E-state index in [4.69, 9.17) is 0 Å². The van der Waals surface area contributed by atoms with Gasteiger partial charge in [-0.25, -0.2) is 4.98 Å². The highest BCUT2D eigenvalue weighted by Gasteiger charge is 2.13. The highest BCUT2D eigenvalue weighted by molar-refractivity contribution is 7.16. The van der Waals surface area contributed by atoms with Crippen LogP contribution in [0.2, 0.25) is 0 Å². The van der Waals surface area contributed by atoms with Crippen molar-refractivity contribution in [3.05, 3.63) is 29.3 Å². The minimum absolute atomic E-state index is 0.867. The molecule has 1 saturated heterocycles. The van der Waals surface area contributed by atoms with E-state index >= 15 is 0 Å². The number of aromatic nitrogens is 1. The van der Waals surface area contributed by atoms with E-state index in [2.05, 4.69) is 28.5 Å². The van der Waals surface area contributed by atoms with Crippen molar-refractivity contribution in [2.24, 2.45) is 5.92 Å². The van der Waals surface area contributed by atoms with Crippen molar-refractivity contribution in [2.45, 2.75) is 19.3 Å². The third kappa shape index (κ3) is 2.11. The third-order valence-corrected chi connectivity index (χ3v) is 4.17. The Morgan fingerprint density at radius 3 is 3.06 bits per heavy atom. The maximum absolute atomic E-state index is 4.32. The lowest BCUT2D eigenvalue weighted by Gasteiger charge is -2.22. The Kier molecular flexibility index (Phi) is 2.89. The number of rotatable bonds is 2. The summed E-state index contributed by atoms with van der Waals surface area (Å²) in [6.07, 6.45) is 3.87. The van der Waals surface area contributed by atoms with Crippen LogP contribution in [0.15, 0.2) is 23.7 Å². The Balaban J connectivity index is 1.77. The zero-order chi connectivity index (χ0) is 10.8. The second-order valence-electron chi connectivity index (χ2n) is 4.55. The van der Waals surface area contributed by atoms with E-state index < -0.39 is 0 Å². The summed E-state index contributed by atoms with van der Waals surface area (Å²) in [6, 6.07) is 6.71. The molecule has 1 N–H and O–H groups in total. The van der Waals surface area contributed by atoms with E-state index in [1.807, 2.05) is 5.51 Å². The van der Waals surface area contributed by atoms with Gasteiger partial charge in [0.1, 0.15) is 0 Å². The first-order valence-electron chi connectivity index (χ1n) is 5.95. The van der Waals surface area contributed by atoms with Gasteiger partial charge in [-0.1, -0.05) is 6.07 Å². The van der Waals surface area contributed by atoms with Gasteiger partial charge in [-0.05, 0) is 56.0 Å². The molecule has 0 amide bonds. The second-order valence-corrected chi connectivity index (χ2v) is 5.44. The van der Waals surface area contributed by atoms with Crippen LogP contribution in [0.4, 0.5) is 0 Å². The van der Waals surface area contributed by atoms with Crippen LogP contribution >= 0.6 is 11.3 Å². The molecule has 0 radical (unpaired) electrons. The molecule has 1 aliphatic heterocycles. The van der Waals surface area contributed by atoms with Crippen molar-refractivity contribution < 1.29 is 0 Å². The second kappa shape index (κ2) is 4.52. The summed E-state index contributed by atoms with van der Waals surface area (Å²) in [5, 5.41) is 3.42. The van der Waals surface area contributed by atoms with E-state index in [0.29, 0.717) is 0 Å². The summed E-state index contributed by atoms with van der Waals surface area (Å²) in [6.45, 7) is 2.38. The SMILES string of the molecule is c1nc2ccc(CC3CCNCC3)cc2s1. The van der Waals surface area contributed by atoms with Crippen molar-refractivity contribution in [1.29, 1.82) is 0 Å². The van der Waals surface area contributed by atoms with E-state index in [1.54, 1.807) is 11.3 Å². The van der Waals surface area contributed by atoms with Crippen LogP contribution in [-0.2, 0) is 6.42 Å². The average molecular weight is 232 g/mol. The number of hydrogen-bond acceptors (Lipinski definition) is 3. The summed E-state index contributed by atoms with van der Waals surface area (Å²) >= 11 is 1.74. The zero-order valence-corrected chi connectivity index (χ0v) is 10.1. The van der Waals surface area contributed by atoms with Crippen LogP contribution in [0, 0.1) is 5.92 Å². The summed E-state index contributed by atoms with van der Waals surface area (Å²) in [5.74, 6) is 0.867. The van der Waals surface area contributed by atoms with Crippen LogP contribution < -0.4 is 5.32 Å². The first-order chi connectivity index (χ1) is 7.92. The zero-order valence-electron chi connectivity index (χ0n) is 9.28. The maximum atomic E-state index is 4.32. The Bertz CT molecular complexity index is 471. The molecule has 84 valence electrons. The number of benzene rings is 1. The van der Waals surface area contributed by atoms with Crippen molar-refractivity contribution in [3.63, 3.8) is 0 Å². The average Bonchev–Trinajstić information content (AvgIpc) is 2.77. The van der Waals surface area contributed by atoms with Gasteiger partial charge in [-0.3, -0.25) is 0 Å². The van der Waals surface area contributed by atoms with E-state index in [9.17, 15) is 0 Å². The molecule has 0 spiro atoms. The van der Waals surface area contributed by atoms with Crippen LogP contribution in [0.1, 0.15) is 18.4 Å². The lowest BCUT2D eigenvalue weighted by Crippen LogP contribution is -2.28. The minimum Gasteiger partial charge on any atom is -0.317 e. The van der Waals surface area contributed by atoms with E-state index in [1.165, 1.54) is 42.6 Å². The third-order valence-electron chi connectivity index (χ3n) is 3.38. The van der Waals surface area contributed by atoms with Crippen molar-refractivity contribution in [1.82, 2.24) is 10.3 Å². The number of nitrogens with one attached hydrogen (secondary N) is 1. The van der Waals surface area contributed by atoms with Crippen molar-refractivity contribution >= 4 is 21.6 Å². The molecule has 2 aromatic rings. The normalized spacial score (nSPS) is 18.0. The van der Waals surface area contributed by atoms with Gasteiger partial charge in [0.2, 0.25) is 0 Å². The molecule has 3 heteroatoms. The Morgan fingerprint density at radius 1 is 1.31 bits per heavy atom. The van der Waals surface area contributed by atoms with Crippen LogP contribution in [-0.4, -0.2) is 18.1 Å². The molecule has 0 atom stereocenters. The molecule has 1 aromatic carbocycles. The summed E-state index contributed by atoms with van der Waals surface area (Å²) < 4.78 is 1.33. The highest BCUT2D eigenvalue weighted by Crippen LogP contribution is 2.23. The number of fused-ring (bicyclic) bond motifs is 1. The van der Waals surface area contributed by atoms with Gasteiger partial charge < -0.3 is 5.32 Å². The Labute approximate surface area is 99.7 Å². The monoisotopic (exact) mass is 232 g/mol. The molecule has 2 nitrogen and oxygen atoms in total. The fourth-order valence-corrected chi connectivity index (χ4v) is 3.19. The molecular weight excluding hydrogens is 216 g/mol. The fourth-order valence-electron chi connectivity index (χ4n) is 2.45. The van der Waals surface area contributed by atoms with Crippen molar-refractivity contribution in [3.8, 4) is 0 Å². The highest BCUT2D eigenvalue weighted by atomic mass is 32.1. The van der Waals surface area contributed by atoms with E-state index in [0.717, 1.165) is 11.4 Å². The van der Waals surface area contributed by atoms with Gasteiger partial charge in [0, 0.05) is 0 Å². The molecule has 0 unspecified atom stereocenters. The van der Waals surface area contributed by atoms with Gasteiger partial charge >= 0.3 is 0 Å². The molecule has 1 aliphatic rings. The first kappa shape index (κ1) is 10.2. The molecule has 2 heterocycles. The van der Waals surface area contributed by atoms with Crippen molar-refractivity contribution in [2.75, 3.05) is 13.1 Å². The molecule has 0 aliphatic carbocycles. The minimum atomic E-state index is 0.867. The first-order valence-corrected chi connectivity index (χ1v) is 6.82. The summed E-state index contributed by atoms with van der Waals surface area (Å²) in [7, 11) is 0. The molecule has 0 bridgehead atoms. The van der Waals surface area contributed by atoms with Crippen LogP contribution in [0.5, 0.6) is 0 Å². The summed E-state index contributed by atoms with van der Waals surface area (Å²) in [4.78, 5) is 4.32. The molecule has 16 heavy (non-hydrogen) atoms. The maximum Gasteiger partial charge on any atom is 0.0812 e. The fraction of sp³-hybridized carbons (Fsp3) is 0.462. The quantitative estimate of drug-likeness (QED) is 0.861.